The summed E-state index contributed by atoms with van der Waals surface area (Å²) in [7, 11) is 0. The van der Waals surface area contributed by atoms with Crippen LogP contribution in [0.4, 0.5) is 5.69 Å². The van der Waals surface area contributed by atoms with E-state index in [0.29, 0.717) is 36.0 Å². The Hall–Kier alpha value is -2.54. The predicted octanol–water partition coefficient (Wildman–Crippen LogP) is 3.95. The summed E-state index contributed by atoms with van der Waals surface area (Å²) in [5.74, 6) is 1.10. The second-order valence-corrected chi connectivity index (χ2v) is 8.16. The normalized spacial score (nSPS) is 15.3. The van der Waals surface area contributed by atoms with Gasteiger partial charge in [0.1, 0.15) is 13.2 Å². The van der Waals surface area contributed by atoms with Gasteiger partial charge in [0.25, 0.3) is 5.91 Å². The van der Waals surface area contributed by atoms with E-state index in [1.807, 2.05) is 36.1 Å². The molecule has 29 heavy (non-hydrogen) atoms. The smallest absolute Gasteiger partial charge is 0.255 e. The lowest BCUT2D eigenvalue weighted by Crippen LogP contribution is -2.29. The van der Waals surface area contributed by atoms with Gasteiger partial charge < -0.3 is 19.7 Å². The molecule has 2 amide bonds. The molecule has 0 unspecified atom stereocenters. The number of carbonyl (C=O) groups is 2. The number of rotatable bonds is 4. The molecule has 0 radical (unpaired) electrons. The van der Waals surface area contributed by atoms with Gasteiger partial charge in [0.15, 0.2) is 11.5 Å². The van der Waals surface area contributed by atoms with E-state index in [2.05, 4.69) is 21.2 Å². The van der Waals surface area contributed by atoms with Crippen LogP contribution in [-0.2, 0) is 11.2 Å². The first-order valence-electron chi connectivity index (χ1n) is 9.79. The van der Waals surface area contributed by atoms with Gasteiger partial charge in [-0.3, -0.25) is 9.59 Å². The van der Waals surface area contributed by atoms with Crippen molar-refractivity contribution in [1.82, 2.24) is 4.90 Å². The number of likely N-dealkylation sites (tertiary alicyclic amines) is 1. The molecule has 0 saturated carbocycles. The molecule has 0 aliphatic carbocycles. The summed E-state index contributed by atoms with van der Waals surface area (Å²) in [6.45, 7) is 4.44. The molecule has 6 nitrogen and oxygen atoms in total. The highest BCUT2D eigenvalue weighted by Crippen LogP contribution is 2.36. The third-order valence-corrected chi connectivity index (χ3v) is 5.96. The van der Waals surface area contributed by atoms with Crippen molar-refractivity contribution in [2.24, 2.45) is 0 Å². The number of para-hydroxylation sites is 1. The molecule has 1 fully saturated rings. The molecule has 4 rings (SSSR count). The highest BCUT2D eigenvalue weighted by atomic mass is 79.9. The summed E-state index contributed by atoms with van der Waals surface area (Å²) in [5, 5.41) is 2.96. The zero-order valence-corrected chi connectivity index (χ0v) is 17.9. The topological polar surface area (TPSA) is 67.9 Å². The largest absolute Gasteiger partial charge is 0.486 e. The number of halogens is 1. The Morgan fingerprint density at radius 2 is 1.79 bits per heavy atom. The Morgan fingerprint density at radius 1 is 1.10 bits per heavy atom. The van der Waals surface area contributed by atoms with Crippen LogP contribution in [0.2, 0.25) is 0 Å². The lowest BCUT2D eigenvalue weighted by molar-refractivity contribution is -0.115. The summed E-state index contributed by atoms with van der Waals surface area (Å²) >= 11 is 3.51. The van der Waals surface area contributed by atoms with E-state index in [0.717, 1.165) is 41.5 Å². The zero-order valence-electron chi connectivity index (χ0n) is 16.3. The number of ether oxygens (including phenoxy) is 2. The first kappa shape index (κ1) is 19.8. The van der Waals surface area contributed by atoms with Crippen molar-refractivity contribution in [2.75, 3.05) is 31.6 Å². The number of nitrogens with one attached hydrogen (secondary N) is 1. The number of nitrogens with zero attached hydrogens (tertiary/aromatic N) is 1. The van der Waals surface area contributed by atoms with Crippen LogP contribution in [-0.4, -0.2) is 43.0 Å². The van der Waals surface area contributed by atoms with E-state index >= 15 is 0 Å². The van der Waals surface area contributed by atoms with Gasteiger partial charge in [-0.15, -0.1) is 0 Å². The van der Waals surface area contributed by atoms with Gasteiger partial charge in [0.2, 0.25) is 5.91 Å². The van der Waals surface area contributed by atoms with Crippen LogP contribution in [0.25, 0.3) is 0 Å². The fourth-order valence-corrected chi connectivity index (χ4v) is 4.16. The Balaban J connectivity index is 1.54. The summed E-state index contributed by atoms with van der Waals surface area (Å²) in [6.07, 6.45) is 2.21. The van der Waals surface area contributed by atoms with Gasteiger partial charge in [0, 0.05) is 17.6 Å². The minimum Gasteiger partial charge on any atom is -0.486 e. The van der Waals surface area contributed by atoms with E-state index in [-0.39, 0.29) is 18.2 Å². The van der Waals surface area contributed by atoms with Gasteiger partial charge >= 0.3 is 0 Å². The monoisotopic (exact) mass is 458 g/mol. The third kappa shape index (κ3) is 4.24. The van der Waals surface area contributed by atoms with E-state index < -0.39 is 0 Å². The molecule has 2 heterocycles. The first-order valence-corrected chi connectivity index (χ1v) is 10.6. The van der Waals surface area contributed by atoms with E-state index in [1.54, 1.807) is 6.07 Å². The van der Waals surface area contributed by atoms with Crippen molar-refractivity contribution in [3.63, 3.8) is 0 Å². The Kier molecular flexibility index (Phi) is 5.76. The standard InChI is InChI=1S/C22H23BrN2O4/c1-14-5-4-6-16(22(27)25-7-2-3-8-25)21(14)24-20(26)12-15-11-18-19(13-17(15)23)29-10-9-28-18/h4-6,11,13H,2-3,7-10,12H2,1H3,(H,24,26). The van der Waals surface area contributed by atoms with E-state index in [4.69, 9.17) is 9.47 Å². The Labute approximate surface area is 178 Å². The molecule has 2 aliphatic rings. The van der Waals surface area contributed by atoms with Crippen LogP contribution in [0.3, 0.4) is 0 Å². The second-order valence-electron chi connectivity index (χ2n) is 7.31. The maximum atomic E-state index is 12.9. The maximum absolute atomic E-state index is 12.9. The number of hydrogen-bond acceptors (Lipinski definition) is 4. The van der Waals surface area contributed by atoms with Gasteiger partial charge in [0.05, 0.1) is 17.7 Å². The predicted molar refractivity (Wildman–Crippen MR) is 114 cm³/mol. The van der Waals surface area contributed by atoms with Gasteiger partial charge in [-0.25, -0.2) is 0 Å². The SMILES string of the molecule is Cc1cccc(C(=O)N2CCCC2)c1NC(=O)Cc1cc2c(cc1Br)OCCO2. The van der Waals surface area contributed by atoms with Crippen LogP contribution in [0.15, 0.2) is 34.8 Å². The first-order chi connectivity index (χ1) is 14.0. The fraction of sp³-hybridized carbons (Fsp3) is 0.364. The van der Waals surface area contributed by atoms with Crippen molar-refractivity contribution in [1.29, 1.82) is 0 Å². The number of aryl methyl sites for hydroxylation is 1. The summed E-state index contributed by atoms with van der Waals surface area (Å²) in [6, 6.07) is 9.19. The number of hydrogen-bond donors (Lipinski definition) is 1. The van der Waals surface area contributed by atoms with Gasteiger partial charge in [-0.05, 0) is 49.1 Å². The molecular formula is C22H23BrN2O4. The number of amides is 2. The molecule has 152 valence electrons. The Morgan fingerprint density at radius 3 is 2.52 bits per heavy atom. The summed E-state index contributed by atoms with van der Waals surface area (Å²) < 4.78 is 12.0. The number of benzene rings is 2. The molecule has 0 bridgehead atoms. The minimum atomic E-state index is -0.188. The summed E-state index contributed by atoms with van der Waals surface area (Å²) in [4.78, 5) is 27.6. The molecule has 2 aromatic rings. The fourth-order valence-electron chi connectivity index (χ4n) is 3.70. The van der Waals surface area contributed by atoms with Crippen LogP contribution in [0.1, 0.15) is 34.3 Å². The second kappa shape index (κ2) is 8.45. The molecule has 1 N–H and O–H groups in total. The molecule has 0 spiro atoms. The molecule has 7 heteroatoms. The van der Waals surface area contributed by atoms with Gasteiger partial charge in [-0.1, -0.05) is 28.1 Å². The van der Waals surface area contributed by atoms with Crippen LogP contribution in [0.5, 0.6) is 11.5 Å². The lowest BCUT2D eigenvalue weighted by Gasteiger charge is -2.21. The van der Waals surface area contributed by atoms with Crippen molar-refractivity contribution in [3.8, 4) is 11.5 Å². The molecular weight excluding hydrogens is 436 g/mol. The molecule has 0 aromatic heterocycles. The van der Waals surface area contributed by atoms with E-state index in [1.165, 1.54) is 0 Å². The van der Waals surface area contributed by atoms with Crippen molar-refractivity contribution >= 4 is 33.4 Å². The zero-order chi connectivity index (χ0) is 20.4. The maximum Gasteiger partial charge on any atom is 0.255 e. The van der Waals surface area contributed by atoms with Crippen LogP contribution in [0, 0.1) is 6.92 Å². The van der Waals surface area contributed by atoms with Crippen molar-refractivity contribution in [3.05, 3.63) is 51.5 Å². The third-order valence-electron chi connectivity index (χ3n) is 5.22. The minimum absolute atomic E-state index is 0.0259. The van der Waals surface area contributed by atoms with Crippen molar-refractivity contribution < 1.29 is 19.1 Å². The molecule has 1 saturated heterocycles. The lowest BCUT2D eigenvalue weighted by atomic mass is 10.1. The highest BCUT2D eigenvalue weighted by Gasteiger charge is 2.24. The quantitative estimate of drug-likeness (QED) is 0.752. The number of fused-ring (bicyclic) bond motifs is 1. The average Bonchev–Trinajstić information content (AvgIpc) is 3.24. The van der Waals surface area contributed by atoms with Gasteiger partial charge in [-0.2, -0.15) is 0 Å². The molecule has 2 aliphatic heterocycles. The number of carbonyl (C=O) groups excluding carboxylic acids is 2. The van der Waals surface area contributed by atoms with Crippen LogP contribution >= 0.6 is 15.9 Å². The Bertz CT molecular complexity index is 954. The average molecular weight is 459 g/mol. The highest BCUT2D eigenvalue weighted by molar-refractivity contribution is 9.10. The molecule has 2 aromatic carbocycles. The molecule has 0 atom stereocenters. The number of anilines is 1. The van der Waals surface area contributed by atoms with Crippen LogP contribution < -0.4 is 14.8 Å². The summed E-state index contributed by atoms with van der Waals surface area (Å²) in [5.41, 5.74) is 2.79. The van der Waals surface area contributed by atoms with Crippen molar-refractivity contribution in [2.45, 2.75) is 26.2 Å². The van der Waals surface area contributed by atoms with E-state index in [9.17, 15) is 9.59 Å².